The number of hydrogen-bond donors (Lipinski definition) is 2. The first-order valence-electron chi connectivity index (χ1n) is 12.9. The van der Waals surface area contributed by atoms with Crippen molar-refractivity contribution in [1.82, 2.24) is 5.73 Å². The second kappa shape index (κ2) is 17.1. The highest BCUT2D eigenvalue weighted by atomic mass is 35.5. The molecular formula is C27H46ClN2O2. The number of anilines is 1. The molecule has 1 rings (SSSR count). The molecule has 0 spiro atoms. The van der Waals surface area contributed by atoms with Crippen molar-refractivity contribution in [1.29, 1.82) is 0 Å². The van der Waals surface area contributed by atoms with Gasteiger partial charge in [-0.3, -0.25) is 10.5 Å². The van der Waals surface area contributed by atoms with E-state index >= 15 is 0 Å². The van der Waals surface area contributed by atoms with E-state index < -0.39 is 11.5 Å². The van der Waals surface area contributed by atoms with Gasteiger partial charge in [-0.15, -0.1) is 0 Å². The van der Waals surface area contributed by atoms with Crippen LogP contribution in [-0.2, 0) is 4.79 Å². The van der Waals surface area contributed by atoms with Crippen LogP contribution >= 0.6 is 11.6 Å². The summed E-state index contributed by atoms with van der Waals surface area (Å²) < 4.78 is 0. The fourth-order valence-corrected chi connectivity index (χ4v) is 4.48. The predicted molar refractivity (Wildman–Crippen MR) is 138 cm³/mol. The molecule has 1 aromatic rings. The Morgan fingerprint density at radius 3 is 1.81 bits per heavy atom. The van der Waals surface area contributed by atoms with Crippen molar-refractivity contribution < 1.29 is 9.90 Å². The number of carboxylic acid groups (broad SMARTS) is 1. The molecular weight excluding hydrogens is 420 g/mol. The number of carboxylic acids is 1. The molecule has 1 unspecified atom stereocenters. The van der Waals surface area contributed by atoms with Crippen molar-refractivity contribution >= 4 is 28.9 Å². The summed E-state index contributed by atoms with van der Waals surface area (Å²) in [6, 6.07) is 5.16. The summed E-state index contributed by atoms with van der Waals surface area (Å²) in [6.07, 6.45) is 20.7. The highest BCUT2D eigenvalue weighted by Crippen LogP contribution is 2.29. The molecule has 0 aliphatic carbocycles. The van der Waals surface area contributed by atoms with Gasteiger partial charge in [-0.05, 0) is 31.5 Å². The fourth-order valence-electron chi connectivity index (χ4n) is 4.37. The molecule has 183 valence electrons. The number of carbonyl (C=O) groups is 1. The van der Waals surface area contributed by atoms with E-state index in [0.717, 1.165) is 24.9 Å². The Kier molecular flexibility index (Phi) is 15.3. The molecule has 1 radical (unpaired) electrons. The number of benzene rings is 1. The Labute approximate surface area is 201 Å². The standard InChI is InChI=1S/C27H46ClN2O2/c1-3-4-5-6-7-8-9-10-11-12-13-14-15-16-17-20-27(2,22-26(31)32)30-23-18-19-24(28)25(29)21-23/h18-19,21,29-30H,3-17,20,22H2,1-2H3,(H,31,32). The molecule has 3 N–H and O–H groups in total. The van der Waals surface area contributed by atoms with Crippen LogP contribution in [0.2, 0.25) is 5.02 Å². The largest absolute Gasteiger partial charge is 0.481 e. The smallest absolute Gasteiger partial charge is 0.305 e. The van der Waals surface area contributed by atoms with Crippen LogP contribution in [0.15, 0.2) is 18.2 Å². The molecule has 1 aromatic carbocycles. The first kappa shape index (κ1) is 28.6. The Morgan fingerprint density at radius 2 is 1.38 bits per heavy atom. The number of hydrogen-bond acceptors (Lipinski definition) is 2. The van der Waals surface area contributed by atoms with Gasteiger partial charge in [0.05, 0.1) is 17.1 Å². The van der Waals surface area contributed by atoms with Crippen molar-refractivity contribution in [3.63, 3.8) is 0 Å². The van der Waals surface area contributed by atoms with E-state index in [4.69, 9.17) is 17.3 Å². The molecule has 0 amide bonds. The van der Waals surface area contributed by atoms with Gasteiger partial charge in [-0.2, -0.15) is 0 Å². The summed E-state index contributed by atoms with van der Waals surface area (Å²) >= 11 is 5.93. The van der Waals surface area contributed by atoms with Crippen LogP contribution < -0.4 is 11.1 Å². The highest BCUT2D eigenvalue weighted by Gasteiger charge is 2.27. The van der Waals surface area contributed by atoms with Crippen LogP contribution in [-0.4, -0.2) is 16.6 Å². The SMILES string of the molecule is CCCCCCCCCCCCCCCCCC(C)(CC(=O)O)Nc1ccc(Cl)c([NH])c1. The van der Waals surface area contributed by atoms with Gasteiger partial charge < -0.3 is 10.4 Å². The molecule has 0 aliphatic heterocycles. The normalized spacial score (nSPS) is 13.1. The maximum Gasteiger partial charge on any atom is 0.305 e. The van der Waals surface area contributed by atoms with Gasteiger partial charge in [-0.1, -0.05) is 115 Å². The molecule has 0 saturated heterocycles. The maximum absolute atomic E-state index is 11.4. The predicted octanol–water partition coefficient (Wildman–Crippen LogP) is 9.16. The van der Waals surface area contributed by atoms with Gasteiger partial charge in [0.2, 0.25) is 0 Å². The molecule has 0 saturated carbocycles. The zero-order chi connectivity index (χ0) is 23.7. The van der Waals surface area contributed by atoms with Crippen LogP contribution in [0.3, 0.4) is 0 Å². The highest BCUT2D eigenvalue weighted by molar-refractivity contribution is 6.32. The van der Waals surface area contributed by atoms with E-state index in [1.807, 2.05) is 13.0 Å². The second-order valence-corrected chi connectivity index (χ2v) is 10.1. The summed E-state index contributed by atoms with van der Waals surface area (Å²) in [4.78, 5) is 11.4. The zero-order valence-corrected chi connectivity index (χ0v) is 21.2. The van der Waals surface area contributed by atoms with E-state index in [1.165, 1.54) is 83.5 Å². The molecule has 5 heteroatoms. The lowest BCUT2D eigenvalue weighted by Gasteiger charge is -2.31. The van der Waals surface area contributed by atoms with Crippen LogP contribution in [0.5, 0.6) is 0 Å². The van der Waals surface area contributed by atoms with E-state index in [0.29, 0.717) is 5.02 Å². The first-order chi connectivity index (χ1) is 15.4. The Morgan fingerprint density at radius 1 is 0.906 bits per heavy atom. The summed E-state index contributed by atoms with van der Waals surface area (Å²) in [7, 11) is 0. The summed E-state index contributed by atoms with van der Waals surface area (Å²) in [5, 5.41) is 13.1. The number of halogens is 1. The number of unbranched alkanes of at least 4 members (excludes halogenated alkanes) is 14. The lowest BCUT2D eigenvalue weighted by atomic mass is 9.90. The van der Waals surface area contributed by atoms with Crippen molar-refractivity contribution in [2.24, 2.45) is 0 Å². The topological polar surface area (TPSA) is 73.1 Å². The Bertz CT molecular complexity index is 638. The average Bonchev–Trinajstić information content (AvgIpc) is 2.73. The van der Waals surface area contributed by atoms with Gasteiger partial charge in [0.1, 0.15) is 0 Å². The molecule has 0 fully saturated rings. The van der Waals surface area contributed by atoms with Crippen LogP contribution in [0, 0.1) is 0 Å². The van der Waals surface area contributed by atoms with Crippen molar-refractivity contribution in [3.8, 4) is 0 Å². The fraction of sp³-hybridized carbons (Fsp3) is 0.741. The Balaban J connectivity index is 2.13. The molecule has 4 nitrogen and oxygen atoms in total. The third-order valence-electron chi connectivity index (χ3n) is 6.29. The Hall–Kier alpha value is -1.42. The number of rotatable bonds is 20. The van der Waals surface area contributed by atoms with Crippen molar-refractivity contribution in [2.75, 3.05) is 5.32 Å². The quantitative estimate of drug-likeness (QED) is 0.188. The van der Waals surface area contributed by atoms with Crippen LogP contribution in [0.4, 0.5) is 11.4 Å². The third kappa shape index (κ3) is 13.9. The van der Waals surface area contributed by atoms with Gasteiger partial charge in [-0.25, -0.2) is 0 Å². The van der Waals surface area contributed by atoms with Gasteiger partial charge >= 0.3 is 5.97 Å². The van der Waals surface area contributed by atoms with E-state index in [2.05, 4.69) is 12.2 Å². The van der Waals surface area contributed by atoms with Crippen LogP contribution in [0.1, 0.15) is 123 Å². The van der Waals surface area contributed by atoms with Gasteiger partial charge in [0, 0.05) is 11.2 Å². The van der Waals surface area contributed by atoms with Crippen molar-refractivity contribution in [2.45, 2.75) is 129 Å². The molecule has 0 aromatic heterocycles. The van der Waals surface area contributed by atoms with Crippen LogP contribution in [0.25, 0.3) is 0 Å². The minimum absolute atomic E-state index is 0.0571. The summed E-state index contributed by atoms with van der Waals surface area (Å²) in [5.41, 5.74) is 8.33. The third-order valence-corrected chi connectivity index (χ3v) is 6.62. The molecule has 0 bridgehead atoms. The van der Waals surface area contributed by atoms with E-state index in [1.54, 1.807) is 12.1 Å². The summed E-state index contributed by atoms with van der Waals surface area (Å²) in [6.45, 7) is 4.23. The van der Waals surface area contributed by atoms with E-state index in [-0.39, 0.29) is 12.1 Å². The molecule has 32 heavy (non-hydrogen) atoms. The van der Waals surface area contributed by atoms with Gasteiger partial charge in [0.15, 0.2) is 0 Å². The molecule has 1 atom stereocenters. The summed E-state index contributed by atoms with van der Waals surface area (Å²) in [5.74, 6) is -0.805. The lowest BCUT2D eigenvalue weighted by Crippen LogP contribution is -2.37. The average molecular weight is 466 g/mol. The minimum atomic E-state index is -0.805. The van der Waals surface area contributed by atoms with E-state index in [9.17, 15) is 9.90 Å². The number of nitrogens with one attached hydrogen (secondary N) is 2. The molecule has 0 heterocycles. The van der Waals surface area contributed by atoms with Crippen molar-refractivity contribution in [3.05, 3.63) is 23.2 Å². The lowest BCUT2D eigenvalue weighted by molar-refractivity contribution is -0.138. The maximum atomic E-state index is 11.4. The molecule has 0 aliphatic rings. The first-order valence-corrected chi connectivity index (χ1v) is 13.3. The number of aliphatic carboxylic acids is 1. The second-order valence-electron chi connectivity index (χ2n) is 9.65. The minimum Gasteiger partial charge on any atom is -0.481 e. The zero-order valence-electron chi connectivity index (χ0n) is 20.5. The van der Waals surface area contributed by atoms with Gasteiger partial charge in [0.25, 0.3) is 0 Å². The monoisotopic (exact) mass is 465 g/mol.